The van der Waals surface area contributed by atoms with Crippen LogP contribution in [-0.2, 0) is 0 Å². The molecule has 0 aliphatic carbocycles. The number of hydrogen-bond acceptors (Lipinski definition) is 3. The van der Waals surface area contributed by atoms with Crippen LogP contribution in [-0.4, -0.2) is 11.7 Å². The average Bonchev–Trinajstić information content (AvgIpc) is 2.50. The lowest BCUT2D eigenvalue weighted by atomic mass is 9.86. The van der Waals surface area contributed by atoms with Gasteiger partial charge in [0, 0.05) is 11.3 Å². The molecule has 4 heteroatoms. The van der Waals surface area contributed by atoms with Gasteiger partial charge in [-0.05, 0) is 48.6 Å². The van der Waals surface area contributed by atoms with Crippen molar-refractivity contribution in [3.05, 3.63) is 59.4 Å². The first kappa shape index (κ1) is 13.9. The molecule has 0 amide bonds. The Morgan fingerprint density at radius 3 is 2.95 bits per heavy atom. The van der Waals surface area contributed by atoms with Crippen LogP contribution in [0.25, 0.3) is 0 Å². The molecule has 0 saturated heterocycles. The number of fused-ring (bicyclic) bond motifs is 1. The van der Waals surface area contributed by atoms with Crippen LogP contribution in [0.5, 0.6) is 5.75 Å². The minimum Gasteiger partial charge on any atom is -0.493 e. The minimum absolute atomic E-state index is 0.188. The number of nitrogen functional groups attached to an aromatic ring is 1. The lowest BCUT2D eigenvalue weighted by Crippen LogP contribution is -2.17. The molecule has 3 nitrogen and oxygen atoms in total. The zero-order valence-electron chi connectivity index (χ0n) is 11.6. The fourth-order valence-corrected chi connectivity index (χ4v) is 2.89. The predicted molar refractivity (Wildman–Crippen MR) is 79.7 cm³/mol. The van der Waals surface area contributed by atoms with Gasteiger partial charge in [0.2, 0.25) is 0 Å². The van der Waals surface area contributed by atoms with E-state index in [1.54, 1.807) is 0 Å². The van der Waals surface area contributed by atoms with Crippen LogP contribution in [0, 0.1) is 5.82 Å². The minimum atomic E-state index is -0.781. The van der Waals surface area contributed by atoms with Gasteiger partial charge in [-0.25, -0.2) is 4.39 Å². The first-order valence-electron chi connectivity index (χ1n) is 7.10. The summed E-state index contributed by atoms with van der Waals surface area (Å²) in [6.45, 7) is 0.632. The molecule has 0 radical (unpaired) electrons. The van der Waals surface area contributed by atoms with Gasteiger partial charge in [0.25, 0.3) is 0 Å². The van der Waals surface area contributed by atoms with Crippen LogP contribution in [0.1, 0.15) is 36.0 Å². The normalized spacial score (nSPS) is 18.7. The molecule has 21 heavy (non-hydrogen) atoms. The van der Waals surface area contributed by atoms with Gasteiger partial charge in [0.1, 0.15) is 11.6 Å². The summed E-state index contributed by atoms with van der Waals surface area (Å²) in [5.74, 6) is 0.673. The molecule has 1 aliphatic heterocycles. The third-order valence-electron chi connectivity index (χ3n) is 4.00. The first-order valence-corrected chi connectivity index (χ1v) is 7.10. The molecule has 0 spiro atoms. The molecular formula is C17H18FNO2. The van der Waals surface area contributed by atoms with E-state index in [0.29, 0.717) is 24.3 Å². The van der Waals surface area contributed by atoms with Crippen molar-refractivity contribution in [3.8, 4) is 5.75 Å². The Labute approximate surface area is 123 Å². The van der Waals surface area contributed by atoms with Gasteiger partial charge >= 0.3 is 0 Å². The zero-order chi connectivity index (χ0) is 14.8. The van der Waals surface area contributed by atoms with Gasteiger partial charge in [0.15, 0.2) is 0 Å². The summed E-state index contributed by atoms with van der Waals surface area (Å²) >= 11 is 0. The van der Waals surface area contributed by atoms with Crippen molar-refractivity contribution >= 4 is 5.69 Å². The number of benzene rings is 2. The van der Waals surface area contributed by atoms with E-state index in [0.717, 1.165) is 17.7 Å². The molecule has 0 aromatic heterocycles. The first-order chi connectivity index (χ1) is 10.1. The number of para-hydroxylation sites is 1. The molecule has 2 aromatic carbocycles. The maximum atomic E-state index is 13.3. The van der Waals surface area contributed by atoms with Crippen molar-refractivity contribution in [3.63, 3.8) is 0 Å². The number of aliphatic hydroxyl groups is 1. The third kappa shape index (κ3) is 2.85. The molecule has 0 fully saturated rings. The second-order valence-electron chi connectivity index (χ2n) is 5.40. The number of ether oxygens (including phenoxy) is 1. The summed E-state index contributed by atoms with van der Waals surface area (Å²) in [5.41, 5.74) is 7.81. The van der Waals surface area contributed by atoms with Gasteiger partial charge < -0.3 is 15.6 Å². The van der Waals surface area contributed by atoms with Crippen molar-refractivity contribution in [2.24, 2.45) is 0 Å². The van der Waals surface area contributed by atoms with Crippen molar-refractivity contribution < 1.29 is 14.2 Å². The van der Waals surface area contributed by atoms with E-state index in [-0.39, 0.29) is 11.7 Å². The van der Waals surface area contributed by atoms with Crippen LogP contribution in [0.2, 0.25) is 0 Å². The van der Waals surface area contributed by atoms with Crippen molar-refractivity contribution in [1.29, 1.82) is 0 Å². The average molecular weight is 287 g/mol. The molecule has 110 valence electrons. The molecule has 2 atom stereocenters. The summed E-state index contributed by atoms with van der Waals surface area (Å²) in [5, 5.41) is 10.4. The fourth-order valence-electron chi connectivity index (χ4n) is 2.89. The number of rotatable bonds is 3. The zero-order valence-corrected chi connectivity index (χ0v) is 11.6. The van der Waals surface area contributed by atoms with Crippen LogP contribution >= 0.6 is 0 Å². The molecular weight excluding hydrogens is 269 g/mol. The molecule has 2 unspecified atom stereocenters. The number of nitrogens with two attached hydrogens (primary N) is 1. The monoisotopic (exact) mass is 287 g/mol. The highest BCUT2D eigenvalue weighted by Gasteiger charge is 2.25. The molecule has 3 N–H and O–H groups in total. The van der Waals surface area contributed by atoms with Crippen LogP contribution < -0.4 is 10.5 Å². The maximum Gasteiger partial charge on any atom is 0.123 e. The largest absolute Gasteiger partial charge is 0.493 e. The molecule has 1 heterocycles. The summed E-state index contributed by atoms with van der Waals surface area (Å²) in [6, 6.07) is 11.9. The van der Waals surface area contributed by atoms with Crippen molar-refractivity contribution in [2.45, 2.75) is 24.9 Å². The molecule has 0 saturated carbocycles. The number of hydrogen-bond donors (Lipinski definition) is 2. The summed E-state index contributed by atoms with van der Waals surface area (Å²) in [6.07, 6.45) is 0.564. The Bertz CT molecular complexity index is 644. The van der Waals surface area contributed by atoms with Crippen LogP contribution in [0.3, 0.4) is 0 Å². The lowest BCUT2D eigenvalue weighted by molar-refractivity contribution is 0.145. The van der Waals surface area contributed by atoms with E-state index < -0.39 is 6.10 Å². The fraction of sp³-hybridized carbons (Fsp3) is 0.294. The number of halogens is 1. The highest BCUT2D eigenvalue weighted by Crippen LogP contribution is 2.39. The van der Waals surface area contributed by atoms with E-state index in [1.807, 2.05) is 24.3 Å². The SMILES string of the molecule is Nc1ccc(F)cc1C(O)CC1CCOc2ccccc21. The Kier molecular flexibility index (Phi) is 3.80. The Morgan fingerprint density at radius 2 is 2.10 bits per heavy atom. The van der Waals surface area contributed by atoms with E-state index in [4.69, 9.17) is 10.5 Å². The van der Waals surface area contributed by atoms with Gasteiger partial charge in [-0.1, -0.05) is 18.2 Å². The quantitative estimate of drug-likeness (QED) is 0.851. The van der Waals surface area contributed by atoms with E-state index in [1.165, 1.54) is 18.2 Å². The van der Waals surface area contributed by atoms with Crippen molar-refractivity contribution in [2.75, 3.05) is 12.3 Å². The second kappa shape index (κ2) is 5.74. The summed E-state index contributed by atoms with van der Waals surface area (Å²) < 4.78 is 19.0. The summed E-state index contributed by atoms with van der Waals surface area (Å²) in [4.78, 5) is 0. The van der Waals surface area contributed by atoms with Gasteiger partial charge in [-0.3, -0.25) is 0 Å². The topological polar surface area (TPSA) is 55.5 Å². The second-order valence-corrected chi connectivity index (χ2v) is 5.40. The Hall–Kier alpha value is -2.07. The third-order valence-corrected chi connectivity index (χ3v) is 4.00. The van der Waals surface area contributed by atoms with Crippen LogP contribution in [0.4, 0.5) is 10.1 Å². The predicted octanol–water partition coefficient (Wildman–Crippen LogP) is 3.40. The summed E-state index contributed by atoms with van der Waals surface area (Å²) in [7, 11) is 0. The van der Waals surface area contributed by atoms with E-state index in [9.17, 15) is 9.50 Å². The van der Waals surface area contributed by atoms with Gasteiger partial charge in [-0.2, -0.15) is 0 Å². The highest BCUT2D eigenvalue weighted by molar-refractivity contribution is 5.48. The Balaban J connectivity index is 1.82. The van der Waals surface area contributed by atoms with Gasteiger partial charge in [0.05, 0.1) is 12.7 Å². The standard InChI is InChI=1S/C17H18FNO2/c18-12-5-6-15(19)14(10-12)16(20)9-11-7-8-21-17-4-2-1-3-13(11)17/h1-6,10-11,16,20H,7-9,19H2. The van der Waals surface area contributed by atoms with E-state index >= 15 is 0 Å². The highest BCUT2D eigenvalue weighted by atomic mass is 19.1. The molecule has 3 rings (SSSR count). The molecule has 2 aromatic rings. The Morgan fingerprint density at radius 1 is 1.29 bits per heavy atom. The smallest absolute Gasteiger partial charge is 0.123 e. The lowest BCUT2D eigenvalue weighted by Gasteiger charge is -2.27. The van der Waals surface area contributed by atoms with E-state index in [2.05, 4.69) is 0 Å². The molecule has 0 bridgehead atoms. The van der Waals surface area contributed by atoms with Gasteiger partial charge in [-0.15, -0.1) is 0 Å². The van der Waals surface area contributed by atoms with Crippen molar-refractivity contribution in [1.82, 2.24) is 0 Å². The van der Waals surface area contributed by atoms with Crippen LogP contribution in [0.15, 0.2) is 42.5 Å². The number of aliphatic hydroxyl groups excluding tert-OH is 1. The maximum absolute atomic E-state index is 13.3. The molecule has 1 aliphatic rings. The number of anilines is 1.